The van der Waals surface area contributed by atoms with E-state index >= 15 is 0 Å². The highest BCUT2D eigenvalue weighted by Crippen LogP contribution is 2.28. The molecule has 0 aliphatic carbocycles. The molecule has 5 heteroatoms. The molecule has 90 valence electrons. The van der Waals surface area contributed by atoms with E-state index in [9.17, 15) is 13.2 Å². The minimum Gasteiger partial charge on any atom is -0.271 e. The van der Waals surface area contributed by atoms with Gasteiger partial charge in [0.15, 0.2) is 0 Å². The Kier molecular flexibility index (Phi) is 4.32. The van der Waals surface area contributed by atoms with Crippen LogP contribution in [0.1, 0.15) is 31.9 Å². The Hall–Kier alpha value is -1.07. The van der Waals surface area contributed by atoms with Crippen molar-refractivity contribution in [3.8, 4) is 0 Å². The largest absolute Gasteiger partial charge is 0.271 e. The highest BCUT2D eigenvalue weighted by atomic mass is 19.1. The summed E-state index contributed by atoms with van der Waals surface area (Å²) in [6.45, 7) is 3.70. The second-order valence-electron chi connectivity index (χ2n) is 3.81. The van der Waals surface area contributed by atoms with E-state index < -0.39 is 23.5 Å². The summed E-state index contributed by atoms with van der Waals surface area (Å²) in [6.07, 6.45) is 0.700. The van der Waals surface area contributed by atoms with Crippen LogP contribution >= 0.6 is 0 Å². The monoisotopic (exact) mass is 232 g/mol. The highest BCUT2D eigenvalue weighted by Gasteiger charge is 2.24. The fourth-order valence-corrected chi connectivity index (χ4v) is 1.62. The molecule has 2 atom stereocenters. The molecule has 0 heterocycles. The average Bonchev–Trinajstić information content (AvgIpc) is 2.22. The summed E-state index contributed by atoms with van der Waals surface area (Å²) in [5, 5.41) is 0. The molecule has 1 aromatic carbocycles. The maximum absolute atomic E-state index is 13.5. The van der Waals surface area contributed by atoms with Crippen molar-refractivity contribution in [1.82, 2.24) is 5.43 Å². The Morgan fingerprint density at radius 3 is 2.12 bits per heavy atom. The van der Waals surface area contributed by atoms with Gasteiger partial charge in [-0.2, -0.15) is 0 Å². The first-order valence-corrected chi connectivity index (χ1v) is 5.11. The second-order valence-corrected chi connectivity index (χ2v) is 3.81. The van der Waals surface area contributed by atoms with Crippen LogP contribution in [0.2, 0.25) is 0 Å². The topological polar surface area (TPSA) is 38.0 Å². The molecule has 1 aromatic rings. The Balaban J connectivity index is 3.19. The normalized spacial score (nSPS) is 14.9. The van der Waals surface area contributed by atoms with E-state index in [1.807, 2.05) is 13.8 Å². The maximum atomic E-state index is 13.5. The van der Waals surface area contributed by atoms with Gasteiger partial charge in [0, 0.05) is 17.7 Å². The molecule has 1 rings (SSSR count). The van der Waals surface area contributed by atoms with E-state index in [0.717, 1.165) is 0 Å². The van der Waals surface area contributed by atoms with Gasteiger partial charge in [0.05, 0.1) is 6.04 Å². The first-order valence-electron chi connectivity index (χ1n) is 5.11. The molecule has 16 heavy (non-hydrogen) atoms. The summed E-state index contributed by atoms with van der Waals surface area (Å²) in [4.78, 5) is 0. The van der Waals surface area contributed by atoms with Crippen LogP contribution in [0, 0.1) is 23.4 Å². The molecule has 0 saturated heterocycles. The molecule has 2 nitrogen and oxygen atoms in total. The number of benzene rings is 1. The SMILES string of the molecule is CCC(C)C(NN)c1c(F)cc(F)cc1F. The standard InChI is InChI=1S/C11H15F3N2/c1-3-6(2)11(16-15)10-8(13)4-7(12)5-9(10)14/h4-6,11,16H,3,15H2,1-2H3. The average molecular weight is 232 g/mol. The lowest BCUT2D eigenvalue weighted by Gasteiger charge is -2.23. The van der Waals surface area contributed by atoms with E-state index in [2.05, 4.69) is 5.43 Å². The van der Waals surface area contributed by atoms with E-state index in [4.69, 9.17) is 5.84 Å². The lowest BCUT2D eigenvalue weighted by Crippen LogP contribution is -2.33. The summed E-state index contributed by atoms with van der Waals surface area (Å²) in [5.41, 5.74) is 2.16. The lowest BCUT2D eigenvalue weighted by molar-refractivity contribution is 0.355. The predicted octanol–water partition coefficient (Wildman–Crippen LogP) is 2.65. The zero-order valence-electron chi connectivity index (χ0n) is 9.23. The Labute approximate surface area is 92.6 Å². The van der Waals surface area contributed by atoms with E-state index in [1.54, 1.807) is 0 Å². The van der Waals surface area contributed by atoms with Gasteiger partial charge in [-0.3, -0.25) is 11.3 Å². The molecule has 0 spiro atoms. The molecular formula is C11H15F3N2. The van der Waals surface area contributed by atoms with Crippen molar-refractivity contribution in [3.05, 3.63) is 35.1 Å². The number of nitrogens with one attached hydrogen (secondary N) is 1. The zero-order valence-corrected chi connectivity index (χ0v) is 9.23. The third-order valence-electron chi connectivity index (χ3n) is 2.75. The molecule has 2 unspecified atom stereocenters. The van der Waals surface area contributed by atoms with E-state index in [-0.39, 0.29) is 11.5 Å². The molecular weight excluding hydrogens is 217 g/mol. The number of hydrogen-bond donors (Lipinski definition) is 2. The van der Waals surface area contributed by atoms with E-state index in [1.165, 1.54) is 0 Å². The Morgan fingerprint density at radius 2 is 1.75 bits per heavy atom. The number of nitrogens with two attached hydrogens (primary N) is 1. The summed E-state index contributed by atoms with van der Waals surface area (Å²) < 4.78 is 39.7. The molecule has 0 aliphatic rings. The van der Waals surface area contributed by atoms with Gasteiger partial charge in [-0.25, -0.2) is 13.2 Å². The minimum absolute atomic E-state index is 0.0561. The van der Waals surface area contributed by atoms with Gasteiger partial charge in [0.1, 0.15) is 17.5 Å². The third kappa shape index (κ3) is 2.54. The van der Waals surface area contributed by atoms with Crippen LogP contribution < -0.4 is 11.3 Å². The van der Waals surface area contributed by atoms with Gasteiger partial charge in [-0.05, 0) is 5.92 Å². The van der Waals surface area contributed by atoms with Crippen LogP contribution in [-0.4, -0.2) is 0 Å². The Morgan fingerprint density at radius 1 is 1.25 bits per heavy atom. The quantitative estimate of drug-likeness (QED) is 0.618. The van der Waals surface area contributed by atoms with Crippen LogP contribution in [0.4, 0.5) is 13.2 Å². The molecule has 0 saturated carbocycles. The summed E-state index contributed by atoms with van der Waals surface area (Å²) >= 11 is 0. The minimum atomic E-state index is -0.932. The predicted molar refractivity (Wildman–Crippen MR) is 55.8 cm³/mol. The van der Waals surface area contributed by atoms with Crippen LogP contribution in [0.25, 0.3) is 0 Å². The van der Waals surface area contributed by atoms with E-state index in [0.29, 0.717) is 18.6 Å². The highest BCUT2D eigenvalue weighted by molar-refractivity contribution is 5.24. The van der Waals surface area contributed by atoms with Crippen molar-refractivity contribution < 1.29 is 13.2 Å². The summed E-state index contributed by atoms with van der Waals surface area (Å²) in [7, 11) is 0. The van der Waals surface area contributed by atoms with Crippen molar-refractivity contribution in [3.63, 3.8) is 0 Å². The zero-order chi connectivity index (χ0) is 12.3. The fourth-order valence-electron chi connectivity index (χ4n) is 1.62. The number of halogens is 3. The first kappa shape index (κ1) is 13.0. The molecule has 3 N–H and O–H groups in total. The van der Waals surface area contributed by atoms with Crippen molar-refractivity contribution in [2.24, 2.45) is 11.8 Å². The Bertz CT molecular complexity index is 345. The molecule has 0 bridgehead atoms. The molecule has 0 fully saturated rings. The third-order valence-corrected chi connectivity index (χ3v) is 2.75. The fraction of sp³-hybridized carbons (Fsp3) is 0.455. The molecule has 0 aliphatic heterocycles. The van der Waals surface area contributed by atoms with Crippen molar-refractivity contribution >= 4 is 0 Å². The van der Waals surface area contributed by atoms with Crippen molar-refractivity contribution in [2.45, 2.75) is 26.3 Å². The van der Waals surface area contributed by atoms with Gasteiger partial charge in [-0.1, -0.05) is 20.3 Å². The summed E-state index contributed by atoms with van der Waals surface area (Å²) in [5.74, 6) is 2.46. The molecule has 0 aromatic heterocycles. The van der Waals surface area contributed by atoms with Gasteiger partial charge in [0.2, 0.25) is 0 Å². The van der Waals surface area contributed by atoms with Crippen molar-refractivity contribution in [2.75, 3.05) is 0 Å². The summed E-state index contributed by atoms with van der Waals surface area (Å²) in [6, 6.07) is 0.654. The lowest BCUT2D eigenvalue weighted by atomic mass is 9.92. The van der Waals surface area contributed by atoms with Crippen molar-refractivity contribution in [1.29, 1.82) is 0 Å². The number of hydrazine groups is 1. The number of hydrogen-bond acceptors (Lipinski definition) is 2. The molecule has 0 radical (unpaired) electrons. The van der Waals surface area contributed by atoms with Crippen LogP contribution in [0.5, 0.6) is 0 Å². The van der Waals surface area contributed by atoms with Crippen LogP contribution in [-0.2, 0) is 0 Å². The smallest absolute Gasteiger partial charge is 0.133 e. The van der Waals surface area contributed by atoms with Crippen LogP contribution in [0.15, 0.2) is 12.1 Å². The maximum Gasteiger partial charge on any atom is 0.133 e. The molecule has 0 amide bonds. The first-order chi connectivity index (χ1) is 7.51. The second kappa shape index (κ2) is 5.32. The van der Waals surface area contributed by atoms with Crippen LogP contribution in [0.3, 0.4) is 0 Å². The number of rotatable bonds is 4. The van der Waals surface area contributed by atoms with Gasteiger partial charge >= 0.3 is 0 Å². The van der Waals surface area contributed by atoms with Gasteiger partial charge < -0.3 is 0 Å². The van der Waals surface area contributed by atoms with Gasteiger partial charge in [-0.15, -0.1) is 0 Å². The van der Waals surface area contributed by atoms with Gasteiger partial charge in [0.25, 0.3) is 0 Å².